The summed E-state index contributed by atoms with van der Waals surface area (Å²) < 4.78 is 18.2. The molecule has 0 atom stereocenters. The molecule has 0 bridgehead atoms. The van der Waals surface area contributed by atoms with Crippen molar-refractivity contribution in [1.29, 1.82) is 0 Å². The van der Waals surface area contributed by atoms with Gasteiger partial charge in [-0.3, -0.25) is 0 Å². The number of hydrogen-bond donors (Lipinski definition) is 0. The summed E-state index contributed by atoms with van der Waals surface area (Å²) in [6.45, 7) is 4.22. The second-order valence-corrected chi connectivity index (χ2v) is 2.81. The van der Waals surface area contributed by atoms with Crippen molar-refractivity contribution in [1.82, 2.24) is 0 Å². The van der Waals surface area contributed by atoms with E-state index >= 15 is 0 Å². The monoisotopic (exact) mass is 180 g/mol. The van der Waals surface area contributed by atoms with Crippen LogP contribution in [0.25, 0.3) is 0 Å². The zero-order chi connectivity index (χ0) is 9.68. The predicted molar refractivity (Wildman–Crippen MR) is 51.4 cm³/mol. The molecule has 1 aromatic carbocycles. The van der Waals surface area contributed by atoms with Crippen molar-refractivity contribution < 1.29 is 9.13 Å². The lowest BCUT2D eigenvalue weighted by atomic mass is 10.2. The standard InChI is InChI=1S/C11H13FO/c1-3-4-7-13-11-8-9(2)5-6-10(11)12/h3-6,8H,7H2,1-2H3. The molecule has 1 nitrogen and oxygen atoms in total. The highest BCUT2D eigenvalue weighted by molar-refractivity contribution is 5.29. The maximum atomic E-state index is 13.0. The van der Waals surface area contributed by atoms with Gasteiger partial charge in [0.1, 0.15) is 6.61 Å². The average molecular weight is 180 g/mol. The van der Waals surface area contributed by atoms with Crippen LogP contribution in [-0.2, 0) is 0 Å². The fraction of sp³-hybridized carbons (Fsp3) is 0.273. The summed E-state index contributed by atoms with van der Waals surface area (Å²) in [6.07, 6.45) is 3.70. The van der Waals surface area contributed by atoms with Crippen molar-refractivity contribution in [2.45, 2.75) is 13.8 Å². The molecule has 0 unspecified atom stereocenters. The second-order valence-electron chi connectivity index (χ2n) is 2.81. The summed E-state index contributed by atoms with van der Waals surface area (Å²) in [6, 6.07) is 4.83. The van der Waals surface area contributed by atoms with Crippen molar-refractivity contribution in [2.75, 3.05) is 6.61 Å². The lowest BCUT2D eigenvalue weighted by molar-refractivity contribution is 0.341. The molecule has 0 aliphatic rings. The molecule has 0 aromatic heterocycles. The molecule has 0 aliphatic carbocycles. The summed E-state index contributed by atoms with van der Waals surface area (Å²) in [4.78, 5) is 0. The van der Waals surface area contributed by atoms with E-state index in [2.05, 4.69) is 0 Å². The van der Waals surface area contributed by atoms with E-state index in [9.17, 15) is 4.39 Å². The van der Waals surface area contributed by atoms with Gasteiger partial charge >= 0.3 is 0 Å². The molecule has 0 heterocycles. The highest BCUT2D eigenvalue weighted by atomic mass is 19.1. The van der Waals surface area contributed by atoms with Crippen LogP contribution >= 0.6 is 0 Å². The van der Waals surface area contributed by atoms with Crippen LogP contribution in [0.15, 0.2) is 30.4 Å². The minimum Gasteiger partial charge on any atom is -0.486 e. The van der Waals surface area contributed by atoms with E-state index in [1.165, 1.54) is 6.07 Å². The van der Waals surface area contributed by atoms with Crippen molar-refractivity contribution in [3.63, 3.8) is 0 Å². The zero-order valence-electron chi connectivity index (χ0n) is 7.88. The molecular weight excluding hydrogens is 167 g/mol. The van der Waals surface area contributed by atoms with Gasteiger partial charge in [0.2, 0.25) is 0 Å². The molecule has 1 aromatic rings. The highest BCUT2D eigenvalue weighted by Crippen LogP contribution is 2.17. The van der Waals surface area contributed by atoms with Crippen LogP contribution in [0.2, 0.25) is 0 Å². The number of aryl methyl sites for hydroxylation is 1. The van der Waals surface area contributed by atoms with Crippen molar-refractivity contribution in [3.8, 4) is 5.75 Å². The predicted octanol–water partition coefficient (Wildman–Crippen LogP) is 3.09. The van der Waals surface area contributed by atoms with Crippen molar-refractivity contribution in [3.05, 3.63) is 41.7 Å². The third kappa shape index (κ3) is 2.90. The SMILES string of the molecule is CC=CCOc1cc(C)ccc1F. The van der Waals surface area contributed by atoms with E-state index in [0.29, 0.717) is 12.4 Å². The highest BCUT2D eigenvalue weighted by Gasteiger charge is 2.01. The topological polar surface area (TPSA) is 9.23 Å². The lowest BCUT2D eigenvalue weighted by Gasteiger charge is -2.04. The van der Waals surface area contributed by atoms with Gasteiger partial charge in [0, 0.05) is 0 Å². The fourth-order valence-electron chi connectivity index (χ4n) is 0.955. The Balaban J connectivity index is 2.69. The van der Waals surface area contributed by atoms with E-state index in [1.807, 2.05) is 26.0 Å². The van der Waals surface area contributed by atoms with Crippen LogP contribution in [0.1, 0.15) is 12.5 Å². The molecule has 1 rings (SSSR count). The molecular formula is C11H13FO. The number of hydrogen-bond acceptors (Lipinski definition) is 1. The number of halogens is 1. The molecule has 0 fully saturated rings. The van der Waals surface area contributed by atoms with E-state index in [0.717, 1.165) is 5.56 Å². The summed E-state index contributed by atoms with van der Waals surface area (Å²) in [5.41, 5.74) is 0.997. The Bertz CT molecular complexity index is 305. The van der Waals surface area contributed by atoms with E-state index in [-0.39, 0.29) is 5.82 Å². The molecule has 0 spiro atoms. The van der Waals surface area contributed by atoms with Crippen molar-refractivity contribution >= 4 is 0 Å². The van der Waals surface area contributed by atoms with Crippen LogP contribution in [0.3, 0.4) is 0 Å². The first-order valence-corrected chi connectivity index (χ1v) is 4.24. The molecule has 0 N–H and O–H groups in total. The minimum atomic E-state index is -0.310. The third-order valence-electron chi connectivity index (χ3n) is 1.66. The van der Waals surface area contributed by atoms with Crippen molar-refractivity contribution in [2.24, 2.45) is 0 Å². The van der Waals surface area contributed by atoms with Gasteiger partial charge in [0.15, 0.2) is 11.6 Å². The van der Waals surface area contributed by atoms with Crippen LogP contribution in [0.4, 0.5) is 4.39 Å². The fourth-order valence-corrected chi connectivity index (χ4v) is 0.955. The van der Waals surface area contributed by atoms with Gasteiger partial charge in [0.05, 0.1) is 0 Å². The van der Waals surface area contributed by atoms with Gasteiger partial charge in [-0.05, 0) is 31.5 Å². The molecule has 13 heavy (non-hydrogen) atoms. The van der Waals surface area contributed by atoms with Crippen LogP contribution in [0, 0.1) is 12.7 Å². The van der Waals surface area contributed by atoms with Gasteiger partial charge in [-0.2, -0.15) is 0 Å². The van der Waals surface area contributed by atoms with Gasteiger partial charge < -0.3 is 4.74 Å². The number of benzene rings is 1. The van der Waals surface area contributed by atoms with E-state index < -0.39 is 0 Å². The Morgan fingerprint density at radius 2 is 2.23 bits per heavy atom. The summed E-state index contributed by atoms with van der Waals surface area (Å²) >= 11 is 0. The summed E-state index contributed by atoms with van der Waals surface area (Å²) in [5, 5.41) is 0. The van der Waals surface area contributed by atoms with E-state index in [1.54, 1.807) is 12.1 Å². The maximum Gasteiger partial charge on any atom is 0.165 e. The maximum absolute atomic E-state index is 13.0. The van der Waals surface area contributed by atoms with Gasteiger partial charge in [-0.25, -0.2) is 4.39 Å². The van der Waals surface area contributed by atoms with E-state index in [4.69, 9.17) is 4.74 Å². The van der Waals surface area contributed by atoms with Crippen LogP contribution in [-0.4, -0.2) is 6.61 Å². The number of allylic oxidation sites excluding steroid dienone is 1. The summed E-state index contributed by atoms with van der Waals surface area (Å²) in [7, 11) is 0. The first kappa shape index (κ1) is 9.78. The Morgan fingerprint density at radius 1 is 1.46 bits per heavy atom. The van der Waals surface area contributed by atoms with Gasteiger partial charge in [0.25, 0.3) is 0 Å². The molecule has 2 heteroatoms. The lowest BCUT2D eigenvalue weighted by Crippen LogP contribution is -1.96. The molecule has 0 amide bonds. The second kappa shape index (κ2) is 4.65. The first-order chi connectivity index (χ1) is 6.24. The number of rotatable bonds is 3. The minimum absolute atomic E-state index is 0.310. The zero-order valence-corrected chi connectivity index (χ0v) is 7.88. The first-order valence-electron chi connectivity index (χ1n) is 4.24. The Labute approximate surface area is 77.8 Å². The molecule has 0 saturated carbocycles. The van der Waals surface area contributed by atoms with Crippen LogP contribution in [0.5, 0.6) is 5.75 Å². The Morgan fingerprint density at radius 3 is 2.92 bits per heavy atom. The Hall–Kier alpha value is -1.31. The Kier molecular flexibility index (Phi) is 3.50. The van der Waals surface area contributed by atoms with Gasteiger partial charge in [-0.1, -0.05) is 18.2 Å². The number of ether oxygens (including phenoxy) is 1. The average Bonchev–Trinajstić information content (AvgIpc) is 2.11. The molecule has 0 radical (unpaired) electrons. The molecule has 0 aliphatic heterocycles. The van der Waals surface area contributed by atoms with Gasteiger partial charge in [-0.15, -0.1) is 0 Å². The third-order valence-corrected chi connectivity index (χ3v) is 1.66. The quantitative estimate of drug-likeness (QED) is 0.649. The summed E-state index contributed by atoms with van der Waals surface area (Å²) in [5.74, 6) is 0.00760. The smallest absolute Gasteiger partial charge is 0.165 e. The normalized spacial score (nSPS) is 10.7. The van der Waals surface area contributed by atoms with Crippen LogP contribution < -0.4 is 4.74 Å². The largest absolute Gasteiger partial charge is 0.486 e. The molecule has 0 saturated heterocycles. The molecule has 70 valence electrons.